The van der Waals surface area contributed by atoms with Crippen molar-refractivity contribution in [1.29, 1.82) is 5.26 Å². The molecule has 0 aromatic carbocycles. The molecule has 19 heavy (non-hydrogen) atoms. The van der Waals surface area contributed by atoms with Crippen molar-refractivity contribution in [2.45, 2.75) is 20.3 Å². The number of nitrogen functional groups attached to an aromatic ring is 1. The van der Waals surface area contributed by atoms with Crippen LogP contribution in [0.4, 0.5) is 11.5 Å². The maximum atomic E-state index is 11.2. The Hall–Kier alpha value is -2.29. The van der Waals surface area contributed by atoms with Crippen LogP contribution in [0.5, 0.6) is 0 Å². The van der Waals surface area contributed by atoms with E-state index < -0.39 is 5.91 Å². The third-order valence-electron chi connectivity index (χ3n) is 2.54. The minimum Gasteiger partial charge on any atom is -0.396 e. The van der Waals surface area contributed by atoms with Gasteiger partial charge in [0.25, 0.3) is 5.91 Å². The molecular formula is C13H19N5O. The predicted molar refractivity (Wildman–Crippen MR) is 74.4 cm³/mol. The van der Waals surface area contributed by atoms with E-state index in [-0.39, 0.29) is 5.69 Å². The van der Waals surface area contributed by atoms with Crippen LogP contribution in [-0.2, 0) is 0 Å². The molecule has 0 spiro atoms. The summed E-state index contributed by atoms with van der Waals surface area (Å²) in [5.74, 6) is 0.309. The van der Waals surface area contributed by atoms with Gasteiger partial charge in [0.15, 0.2) is 5.82 Å². The van der Waals surface area contributed by atoms with Gasteiger partial charge in [-0.3, -0.25) is 4.79 Å². The van der Waals surface area contributed by atoms with Gasteiger partial charge < -0.3 is 16.4 Å². The van der Waals surface area contributed by atoms with Crippen molar-refractivity contribution < 1.29 is 4.79 Å². The lowest BCUT2D eigenvalue weighted by Crippen LogP contribution is -2.31. The molecular weight excluding hydrogens is 242 g/mol. The van der Waals surface area contributed by atoms with Crippen molar-refractivity contribution in [3.05, 3.63) is 17.8 Å². The van der Waals surface area contributed by atoms with Gasteiger partial charge in [-0.25, -0.2) is 4.98 Å². The average Bonchev–Trinajstić information content (AvgIpc) is 2.34. The third-order valence-corrected chi connectivity index (χ3v) is 2.54. The molecule has 6 heteroatoms. The Kier molecular flexibility index (Phi) is 5.12. The molecule has 1 rings (SSSR count). The van der Waals surface area contributed by atoms with E-state index in [9.17, 15) is 4.79 Å². The van der Waals surface area contributed by atoms with Crippen LogP contribution in [0.3, 0.4) is 0 Å². The van der Waals surface area contributed by atoms with Crippen molar-refractivity contribution in [1.82, 2.24) is 4.98 Å². The van der Waals surface area contributed by atoms with E-state index in [0.29, 0.717) is 36.9 Å². The Balaban J connectivity index is 3.09. The Labute approximate surface area is 113 Å². The van der Waals surface area contributed by atoms with Crippen LogP contribution >= 0.6 is 0 Å². The van der Waals surface area contributed by atoms with Crippen LogP contribution in [-0.4, -0.2) is 24.0 Å². The van der Waals surface area contributed by atoms with Crippen molar-refractivity contribution in [3.63, 3.8) is 0 Å². The van der Waals surface area contributed by atoms with Gasteiger partial charge >= 0.3 is 0 Å². The summed E-state index contributed by atoms with van der Waals surface area (Å²) in [4.78, 5) is 17.3. The predicted octanol–water partition coefficient (Wildman–Crippen LogP) is 1.14. The SMILES string of the molecule is CC(C)CN(CCC#N)c1nc(C(N)=O)ccc1N. The Morgan fingerprint density at radius 2 is 2.21 bits per heavy atom. The Bertz CT molecular complexity index is 492. The lowest BCUT2D eigenvalue weighted by Gasteiger charge is -2.26. The number of hydrogen-bond donors (Lipinski definition) is 2. The second kappa shape index (κ2) is 6.59. The van der Waals surface area contributed by atoms with E-state index in [1.165, 1.54) is 6.07 Å². The molecule has 1 heterocycles. The zero-order chi connectivity index (χ0) is 14.4. The molecule has 0 bridgehead atoms. The molecule has 1 amide bonds. The quantitative estimate of drug-likeness (QED) is 0.798. The topological polar surface area (TPSA) is 109 Å². The van der Waals surface area contributed by atoms with Crippen LogP contribution in [0.25, 0.3) is 0 Å². The molecule has 6 nitrogen and oxygen atoms in total. The normalized spacial score (nSPS) is 10.2. The van der Waals surface area contributed by atoms with Gasteiger partial charge in [0.2, 0.25) is 0 Å². The van der Waals surface area contributed by atoms with Gasteiger partial charge in [-0.2, -0.15) is 5.26 Å². The van der Waals surface area contributed by atoms with Crippen molar-refractivity contribution >= 4 is 17.4 Å². The molecule has 1 aromatic rings. The number of carbonyl (C=O) groups is 1. The highest BCUT2D eigenvalue weighted by Gasteiger charge is 2.15. The monoisotopic (exact) mass is 261 g/mol. The van der Waals surface area contributed by atoms with E-state index >= 15 is 0 Å². The fourth-order valence-corrected chi connectivity index (χ4v) is 1.76. The highest BCUT2D eigenvalue weighted by Crippen LogP contribution is 2.22. The molecule has 1 aromatic heterocycles. The second-order valence-electron chi connectivity index (χ2n) is 4.72. The van der Waals surface area contributed by atoms with Gasteiger partial charge in [0.05, 0.1) is 18.2 Å². The van der Waals surface area contributed by atoms with Gasteiger partial charge in [0, 0.05) is 13.1 Å². The molecule has 102 valence electrons. The number of primary amides is 1. The van der Waals surface area contributed by atoms with Gasteiger partial charge in [-0.05, 0) is 18.1 Å². The number of pyridine rings is 1. The zero-order valence-electron chi connectivity index (χ0n) is 11.3. The number of nitrogens with zero attached hydrogens (tertiary/aromatic N) is 3. The van der Waals surface area contributed by atoms with E-state index in [2.05, 4.69) is 24.9 Å². The van der Waals surface area contributed by atoms with Crippen molar-refractivity contribution in [3.8, 4) is 6.07 Å². The summed E-state index contributed by atoms with van der Waals surface area (Å²) in [6.45, 7) is 5.36. The third kappa shape index (κ3) is 4.14. The number of hydrogen-bond acceptors (Lipinski definition) is 5. The molecule has 0 radical (unpaired) electrons. The molecule has 0 aliphatic heterocycles. The van der Waals surface area contributed by atoms with Crippen molar-refractivity contribution in [2.75, 3.05) is 23.7 Å². The van der Waals surface area contributed by atoms with Gasteiger partial charge in [-0.1, -0.05) is 13.8 Å². The standard InChI is InChI=1S/C13H19N5O/c1-9(2)8-18(7-3-6-14)13-10(15)4-5-11(17-13)12(16)19/h4-5,9H,3,7-8,15H2,1-2H3,(H2,16,19). The number of amides is 1. The summed E-state index contributed by atoms with van der Waals surface area (Å²) in [6, 6.07) is 5.21. The van der Waals surface area contributed by atoms with E-state index in [4.69, 9.17) is 16.7 Å². The van der Waals surface area contributed by atoms with E-state index in [1.54, 1.807) is 6.07 Å². The first kappa shape index (κ1) is 14.8. The van der Waals surface area contributed by atoms with Crippen LogP contribution in [0, 0.1) is 17.2 Å². The second-order valence-corrected chi connectivity index (χ2v) is 4.72. The largest absolute Gasteiger partial charge is 0.396 e. The summed E-state index contributed by atoms with van der Waals surface area (Å²) in [7, 11) is 0. The first-order valence-electron chi connectivity index (χ1n) is 6.14. The molecule has 0 aliphatic carbocycles. The van der Waals surface area contributed by atoms with Gasteiger partial charge in [-0.15, -0.1) is 0 Å². The van der Waals surface area contributed by atoms with Crippen LogP contribution < -0.4 is 16.4 Å². The van der Waals surface area contributed by atoms with Crippen molar-refractivity contribution in [2.24, 2.45) is 11.7 Å². The van der Waals surface area contributed by atoms with E-state index in [1.807, 2.05) is 4.90 Å². The Morgan fingerprint density at radius 3 is 2.74 bits per heavy atom. The maximum Gasteiger partial charge on any atom is 0.267 e. The fourth-order valence-electron chi connectivity index (χ4n) is 1.76. The summed E-state index contributed by atoms with van der Waals surface area (Å²) >= 11 is 0. The highest BCUT2D eigenvalue weighted by atomic mass is 16.1. The number of aromatic nitrogens is 1. The number of nitriles is 1. The highest BCUT2D eigenvalue weighted by molar-refractivity contribution is 5.91. The smallest absolute Gasteiger partial charge is 0.267 e. The molecule has 0 fully saturated rings. The van der Waals surface area contributed by atoms with E-state index in [0.717, 1.165) is 0 Å². The summed E-state index contributed by atoms with van der Waals surface area (Å²) < 4.78 is 0. The first-order chi connectivity index (χ1) is 8.95. The zero-order valence-corrected chi connectivity index (χ0v) is 11.3. The molecule has 0 atom stereocenters. The Morgan fingerprint density at radius 1 is 1.53 bits per heavy atom. The first-order valence-corrected chi connectivity index (χ1v) is 6.14. The minimum atomic E-state index is -0.592. The average molecular weight is 261 g/mol. The van der Waals surface area contributed by atoms with Crippen LogP contribution in [0.2, 0.25) is 0 Å². The molecule has 0 saturated carbocycles. The van der Waals surface area contributed by atoms with Crippen LogP contribution in [0.1, 0.15) is 30.8 Å². The summed E-state index contributed by atoms with van der Waals surface area (Å²) in [6.07, 6.45) is 0.370. The van der Waals surface area contributed by atoms with Gasteiger partial charge in [0.1, 0.15) is 5.69 Å². The number of nitrogens with two attached hydrogens (primary N) is 2. The number of carbonyl (C=O) groups excluding carboxylic acids is 1. The molecule has 4 N–H and O–H groups in total. The molecule has 0 aliphatic rings. The van der Waals surface area contributed by atoms with Crippen LogP contribution in [0.15, 0.2) is 12.1 Å². The lowest BCUT2D eigenvalue weighted by atomic mass is 10.2. The number of anilines is 2. The lowest BCUT2D eigenvalue weighted by molar-refractivity contribution is 0.0995. The maximum absolute atomic E-state index is 11.2. The number of rotatable bonds is 6. The summed E-state index contributed by atoms with van der Waals surface area (Å²) in [5, 5.41) is 8.71. The molecule has 0 unspecified atom stereocenters. The minimum absolute atomic E-state index is 0.176. The molecule has 0 saturated heterocycles. The fraction of sp³-hybridized carbons (Fsp3) is 0.462. The summed E-state index contributed by atoms with van der Waals surface area (Å²) in [5.41, 5.74) is 11.8.